The average molecular weight is 416 g/mol. The zero-order valence-electron chi connectivity index (χ0n) is 11.2. The van der Waals surface area contributed by atoms with Crippen molar-refractivity contribution < 1.29 is 72.3 Å². The molecule has 2 aromatic rings. The van der Waals surface area contributed by atoms with Gasteiger partial charge in [0.15, 0.2) is 0 Å². The van der Waals surface area contributed by atoms with Crippen molar-refractivity contribution in [1.29, 1.82) is 0 Å². The van der Waals surface area contributed by atoms with E-state index in [-0.39, 0.29) is 64.2 Å². The van der Waals surface area contributed by atoms with Crippen molar-refractivity contribution in [2.75, 3.05) is 0 Å². The van der Waals surface area contributed by atoms with Crippen molar-refractivity contribution in [3.63, 3.8) is 0 Å². The second kappa shape index (κ2) is 18.2. The molecule has 23 heavy (non-hydrogen) atoms. The first-order valence-electron chi connectivity index (χ1n) is 4.62. The van der Waals surface area contributed by atoms with E-state index in [0.29, 0.717) is 0 Å². The van der Waals surface area contributed by atoms with E-state index in [0.717, 1.165) is 0 Å². The summed E-state index contributed by atoms with van der Waals surface area (Å²) in [5, 5.41) is 16.5. The Morgan fingerprint density at radius 2 is 0.913 bits per heavy atom. The zero-order chi connectivity index (χ0) is 13.4. The van der Waals surface area contributed by atoms with E-state index < -0.39 is 11.9 Å². The molecule has 0 aliphatic rings. The summed E-state index contributed by atoms with van der Waals surface area (Å²) in [7, 11) is 0. The molecule has 0 atom stereocenters. The minimum atomic E-state index is -1.10. The summed E-state index contributed by atoms with van der Waals surface area (Å²) in [4.78, 5) is 34.0. The number of nitrogens with zero attached hydrogens (tertiary/aromatic N) is 4. The summed E-state index contributed by atoms with van der Waals surface area (Å²) in [6, 6.07) is 3.12. The molecule has 0 aromatic carbocycles. The van der Waals surface area contributed by atoms with Gasteiger partial charge in [0.2, 0.25) is 11.6 Å². The topological polar surface area (TPSA) is 192 Å². The van der Waals surface area contributed by atoms with Crippen molar-refractivity contribution in [3.05, 3.63) is 48.6 Å². The average Bonchev–Trinajstić information content (AvgIpc) is 2.41. The van der Waals surface area contributed by atoms with Gasteiger partial charge >= 0.3 is 28.7 Å². The molecule has 2 heterocycles. The Labute approximate surface area is 153 Å². The predicted molar refractivity (Wildman–Crippen MR) is 67.7 cm³/mol. The zero-order valence-corrected chi connectivity index (χ0v) is 13.8. The fourth-order valence-corrected chi connectivity index (χ4v) is 0.819. The van der Waals surface area contributed by atoms with Gasteiger partial charge in [-0.2, -0.15) is 0 Å². The molecule has 131 valence electrons. The van der Waals surface area contributed by atoms with Gasteiger partial charge in [-0.1, -0.05) is 0 Å². The molecule has 8 N–H and O–H groups in total. The van der Waals surface area contributed by atoms with Crippen molar-refractivity contribution in [1.82, 2.24) is 19.9 Å². The molecular formula is C10H14Cl2CoN4O6+2. The second-order valence-electron chi connectivity index (χ2n) is 2.76. The van der Waals surface area contributed by atoms with Crippen LogP contribution in [0, 0.1) is 0 Å². The van der Waals surface area contributed by atoms with Gasteiger partial charge in [-0.25, -0.2) is 29.5 Å². The molecule has 0 amide bonds. The van der Waals surface area contributed by atoms with Crippen LogP contribution in [0.2, 0.25) is 0 Å². The van der Waals surface area contributed by atoms with E-state index >= 15 is 0 Å². The van der Waals surface area contributed by atoms with Gasteiger partial charge in [-0.15, -0.1) is 0 Å². The van der Waals surface area contributed by atoms with Gasteiger partial charge in [0, 0.05) is 24.8 Å². The first-order valence-corrected chi connectivity index (χ1v) is 4.62. The standard InChI is InChI=1S/2C5H4N2O2.2ClH.Co.2H2O/c2*8-5(9)4-6-2-1-3-7-4;;;;;/h2*1-3H,(H,8,9);2*1H;;2*1H2/q;;;;+2;;. The fourth-order valence-electron chi connectivity index (χ4n) is 0.819. The molecular weight excluding hydrogens is 402 g/mol. The van der Waals surface area contributed by atoms with Gasteiger partial charge in [0.25, 0.3) is 0 Å². The maximum Gasteiger partial charge on any atom is 2.00 e. The van der Waals surface area contributed by atoms with Crippen molar-refractivity contribution in [2.24, 2.45) is 0 Å². The first-order chi connectivity index (χ1) is 8.61. The molecule has 0 aliphatic carbocycles. The molecule has 13 heteroatoms. The van der Waals surface area contributed by atoms with Crippen LogP contribution in [-0.2, 0) is 27.7 Å². The molecule has 0 aliphatic heterocycles. The Hall–Kier alpha value is -1.89. The second-order valence-corrected chi connectivity index (χ2v) is 2.76. The quantitative estimate of drug-likeness (QED) is 0.451. The summed E-state index contributed by atoms with van der Waals surface area (Å²) in [5.74, 6) is -2.54. The van der Waals surface area contributed by atoms with Crippen molar-refractivity contribution >= 4 is 11.9 Å². The first kappa shape index (κ1) is 32.9. The predicted octanol–water partition coefficient (Wildman–Crippen LogP) is -7.49. The summed E-state index contributed by atoms with van der Waals surface area (Å²) in [5.41, 5.74) is 0. The van der Waals surface area contributed by atoms with Crippen LogP contribution in [0.25, 0.3) is 0 Å². The molecule has 10 nitrogen and oxygen atoms in total. The number of hydrogen-bond donors (Lipinski definition) is 2. The Bertz CT molecular complexity index is 488. The number of carboxylic acids is 2. The molecule has 1 radical (unpaired) electrons. The molecule has 2 rings (SSSR count). The number of rotatable bonds is 2. The number of aromatic carboxylic acids is 2. The summed E-state index contributed by atoms with van der Waals surface area (Å²) in [6.45, 7) is 0. The van der Waals surface area contributed by atoms with Gasteiger partial charge < -0.3 is 46.0 Å². The van der Waals surface area contributed by atoms with Gasteiger partial charge in [-0.3, -0.25) is 0 Å². The van der Waals surface area contributed by atoms with Gasteiger partial charge in [0.05, 0.1) is 0 Å². The van der Waals surface area contributed by atoms with Crippen molar-refractivity contribution in [2.45, 2.75) is 0 Å². The minimum Gasteiger partial charge on any atom is -1.00 e. The maximum absolute atomic E-state index is 10.1. The maximum atomic E-state index is 10.1. The fraction of sp³-hybridized carbons (Fsp3) is 0. The van der Waals surface area contributed by atoms with Crippen LogP contribution in [0.4, 0.5) is 0 Å². The largest absolute Gasteiger partial charge is 2.00 e. The van der Waals surface area contributed by atoms with E-state index in [1.807, 2.05) is 0 Å². The van der Waals surface area contributed by atoms with E-state index in [2.05, 4.69) is 19.9 Å². The third-order valence-corrected chi connectivity index (χ3v) is 1.51. The molecule has 0 saturated carbocycles. The van der Waals surface area contributed by atoms with E-state index in [4.69, 9.17) is 10.2 Å². The van der Waals surface area contributed by atoms with Crippen LogP contribution in [-0.4, -0.2) is 42.1 Å². The number of hydrogen-bond acceptors (Lipinski definition) is 6. The SMILES string of the molecule is O=C(O)c1ncccn1.O=C(O)c1ncccn1.[Cl-].[Cl-].[Co+2].[OH3+].[OH3+]. The number of aromatic nitrogens is 4. The Morgan fingerprint density at radius 1 is 0.696 bits per heavy atom. The van der Waals surface area contributed by atoms with Gasteiger partial charge in [-0.05, 0) is 12.1 Å². The molecule has 2 aromatic heterocycles. The normalized spacial score (nSPS) is 6.96. The smallest absolute Gasteiger partial charge is 1.00 e. The van der Waals surface area contributed by atoms with Crippen LogP contribution in [0.15, 0.2) is 36.9 Å². The molecule has 0 spiro atoms. The third kappa shape index (κ3) is 13.5. The molecule has 0 bridgehead atoms. The molecule has 0 fully saturated rings. The van der Waals surface area contributed by atoms with Crippen LogP contribution < -0.4 is 24.8 Å². The van der Waals surface area contributed by atoms with Crippen LogP contribution in [0.3, 0.4) is 0 Å². The van der Waals surface area contributed by atoms with E-state index in [1.165, 1.54) is 24.8 Å². The molecule has 0 saturated heterocycles. The minimum absolute atomic E-state index is 0. The van der Waals surface area contributed by atoms with Crippen LogP contribution >= 0.6 is 0 Å². The van der Waals surface area contributed by atoms with E-state index in [1.54, 1.807) is 12.1 Å². The molecule has 0 unspecified atom stereocenters. The Kier molecular flexibility index (Phi) is 26.0. The van der Waals surface area contributed by atoms with Gasteiger partial charge in [0.1, 0.15) is 0 Å². The summed E-state index contributed by atoms with van der Waals surface area (Å²) < 4.78 is 0. The van der Waals surface area contributed by atoms with Crippen LogP contribution in [0.1, 0.15) is 21.2 Å². The van der Waals surface area contributed by atoms with E-state index in [9.17, 15) is 9.59 Å². The van der Waals surface area contributed by atoms with Crippen LogP contribution in [0.5, 0.6) is 0 Å². The number of halogens is 2. The number of carboxylic acid groups (broad SMARTS) is 2. The monoisotopic (exact) mass is 415 g/mol. The Morgan fingerprint density at radius 3 is 1.04 bits per heavy atom. The van der Waals surface area contributed by atoms with Crippen molar-refractivity contribution in [3.8, 4) is 0 Å². The summed E-state index contributed by atoms with van der Waals surface area (Å²) >= 11 is 0. The Balaban J connectivity index is -0.0000000771. The number of carbonyl (C=O) groups is 2. The third-order valence-electron chi connectivity index (χ3n) is 1.51. The summed E-state index contributed by atoms with van der Waals surface area (Å²) in [6.07, 6.45) is 5.54.